The van der Waals surface area contributed by atoms with Crippen LogP contribution in [-0.4, -0.2) is 37.5 Å². The minimum absolute atomic E-state index is 0.256. The molecule has 23 heavy (non-hydrogen) atoms. The lowest BCUT2D eigenvalue weighted by Gasteiger charge is -2.11. The maximum absolute atomic E-state index is 12.2. The first-order valence-electron chi connectivity index (χ1n) is 7.48. The molecule has 0 unspecified atom stereocenters. The van der Waals surface area contributed by atoms with Crippen LogP contribution in [0.1, 0.15) is 37.6 Å². The van der Waals surface area contributed by atoms with Gasteiger partial charge in [0, 0.05) is 50.5 Å². The summed E-state index contributed by atoms with van der Waals surface area (Å²) in [5, 5.41) is 7.99. The maximum atomic E-state index is 12.2. The molecule has 1 aromatic rings. The van der Waals surface area contributed by atoms with Crippen molar-refractivity contribution in [1.82, 2.24) is 5.32 Å². The fraction of sp³-hybridized carbons (Fsp3) is 0.438. The molecule has 0 fully saturated rings. The van der Waals surface area contributed by atoms with E-state index in [1.807, 2.05) is 6.92 Å². The minimum Gasteiger partial charge on any atom is -0.382 e. The van der Waals surface area contributed by atoms with Crippen molar-refractivity contribution in [3.8, 4) is 0 Å². The highest BCUT2D eigenvalue weighted by Crippen LogP contribution is 2.19. The Morgan fingerprint density at radius 2 is 1.57 bits per heavy atom. The van der Waals surface area contributed by atoms with E-state index in [9.17, 15) is 14.4 Å². The van der Waals surface area contributed by atoms with Gasteiger partial charge in [-0.25, -0.2) is 0 Å². The third-order valence-corrected chi connectivity index (χ3v) is 2.79. The van der Waals surface area contributed by atoms with Crippen LogP contribution in [0, 0.1) is 0 Å². The van der Waals surface area contributed by atoms with Crippen LogP contribution in [0.15, 0.2) is 18.2 Å². The minimum atomic E-state index is -0.277. The number of amides is 3. The molecular formula is C16H23N3O4. The average molecular weight is 321 g/mol. The first kappa shape index (κ1) is 18.6. The standard InChI is InChI=1S/C16H23N3O4/c1-4-23-7-5-6-17-16(22)13-8-14(18-11(2)20)10-15(9-13)19-12(3)21/h8-10H,4-7H2,1-3H3,(H,17,22)(H,18,20)(H,19,21). The number of rotatable bonds is 8. The van der Waals surface area contributed by atoms with Crippen molar-refractivity contribution in [3.63, 3.8) is 0 Å². The molecule has 3 N–H and O–H groups in total. The van der Waals surface area contributed by atoms with E-state index in [1.54, 1.807) is 18.2 Å². The van der Waals surface area contributed by atoms with Crippen molar-refractivity contribution >= 4 is 29.1 Å². The maximum Gasteiger partial charge on any atom is 0.251 e. The van der Waals surface area contributed by atoms with E-state index in [2.05, 4.69) is 16.0 Å². The van der Waals surface area contributed by atoms with Gasteiger partial charge in [-0.1, -0.05) is 0 Å². The molecule has 0 aromatic heterocycles. The lowest BCUT2D eigenvalue weighted by atomic mass is 10.1. The van der Waals surface area contributed by atoms with Crippen molar-refractivity contribution in [3.05, 3.63) is 23.8 Å². The Balaban J connectivity index is 2.79. The molecule has 0 aliphatic heterocycles. The number of hydrogen-bond donors (Lipinski definition) is 3. The van der Waals surface area contributed by atoms with Crippen LogP contribution in [-0.2, 0) is 14.3 Å². The van der Waals surface area contributed by atoms with Gasteiger partial charge in [0.15, 0.2) is 0 Å². The summed E-state index contributed by atoms with van der Waals surface area (Å²) >= 11 is 0. The summed E-state index contributed by atoms with van der Waals surface area (Å²) in [7, 11) is 0. The largest absolute Gasteiger partial charge is 0.382 e. The van der Waals surface area contributed by atoms with Crippen molar-refractivity contribution in [2.45, 2.75) is 27.2 Å². The van der Waals surface area contributed by atoms with Gasteiger partial charge < -0.3 is 20.7 Å². The number of hydrogen-bond acceptors (Lipinski definition) is 4. The van der Waals surface area contributed by atoms with Crippen molar-refractivity contribution in [2.24, 2.45) is 0 Å². The third-order valence-electron chi connectivity index (χ3n) is 2.79. The van der Waals surface area contributed by atoms with Crippen LogP contribution in [0.25, 0.3) is 0 Å². The van der Waals surface area contributed by atoms with E-state index >= 15 is 0 Å². The van der Waals surface area contributed by atoms with Crippen LogP contribution >= 0.6 is 0 Å². The van der Waals surface area contributed by atoms with Gasteiger partial charge in [-0.15, -0.1) is 0 Å². The Labute approximate surface area is 135 Å². The zero-order valence-electron chi connectivity index (χ0n) is 13.7. The van der Waals surface area contributed by atoms with Crippen molar-refractivity contribution in [2.75, 3.05) is 30.4 Å². The number of nitrogens with one attached hydrogen (secondary N) is 3. The second-order valence-corrected chi connectivity index (χ2v) is 4.97. The monoisotopic (exact) mass is 321 g/mol. The lowest BCUT2D eigenvalue weighted by molar-refractivity contribution is -0.115. The van der Waals surface area contributed by atoms with E-state index in [0.29, 0.717) is 43.1 Å². The van der Waals surface area contributed by atoms with Crippen LogP contribution in [0.4, 0.5) is 11.4 Å². The smallest absolute Gasteiger partial charge is 0.251 e. The van der Waals surface area contributed by atoms with E-state index in [4.69, 9.17) is 4.74 Å². The quantitative estimate of drug-likeness (QED) is 0.636. The SMILES string of the molecule is CCOCCCNC(=O)c1cc(NC(C)=O)cc(NC(C)=O)c1. The summed E-state index contributed by atoms with van der Waals surface area (Å²) < 4.78 is 5.20. The van der Waals surface area contributed by atoms with Gasteiger partial charge in [0.2, 0.25) is 11.8 Å². The zero-order chi connectivity index (χ0) is 17.2. The highest BCUT2D eigenvalue weighted by molar-refractivity contribution is 5.99. The molecule has 1 aromatic carbocycles. The number of carbonyl (C=O) groups is 3. The first-order valence-corrected chi connectivity index (χ1v) is 7.48. The van der Waals surface area contributed by atoms with Crippen LogP contribution < -0.4 is 16.0 Å². The summed E-state index contributed by atoms with van der Waals surface area (Å²) in [5.74, 6) is -0.790. The highest BCUT2D eigenvalue weighted by atomic mass is 16.5. The Morgan fingerprint density at radius 1 is 1.00 bits per heavy atom. The van der Waals surface area contributed by atoms with Crippen LogP contribution in [0.2, 0.25) is 0 Å². The lowest BCUT2D eigenvalue weighted by Crippen LogP contribution is -2.25. The first-order chi connectivity index (χ1) is 10.9. The van der Waals surface area contributed by atoms with Gasteiger partial charge in [0.1, 0.15) is 0 Å². The molecule has 7 nitrogen and oxygen atoms in total. The molecule has 0 spiro atoms. The fourth-order valence-electron chi connectivity index (χ4n) is 1.93. The summed E-state index contributed by atoms with van der Waals surface area (Å²) in [6.07, 6.45) is 0.712. The topological polar surface area (TPSA) is 96.5 Å². The van der Waals surface area contributed by atoms with E-state index in [1.165, 1.54) is 13.8 Å². The number of carbonyl (C=O) groups excluding carboxylic acids is 3. The van der Waals surface area contributed by atoms with Gasteiger partial charge >= 0.3 is 0 Å². The molecule has 0 saturated heterocycles. The predicted molar refractivity (Wildman–Crippen MR) is 88.5 cm³/mol. The predicted octanol–water partition coefficient (Wildman–Crippen LogP) is 1.76. The van der Waals surface area contributed by atoms with Gasteiger partial charge in [-0.05, 0) is 31.5 Å². The average Bonchev–Trinajstić information content (AvgIpc) is 2.45. The molecule has 0 heterocycles. The summed E-state index contributed by atoms with van der Waals surface area (Å²) in [6.45, 7) is 6.37. The van der Waals surface area contributed by atoms with E-state index < -0.39 is 0 Å². The number of ether oxygens (including phenoxy) is 1. The van der Waals surface area contributed by atoms with E-state index in [0.717, 1.165) is 0 Å². The summed E-state index contributed by atoms with van der Waals surface area (Å²) in [5.41, 5.74) is 1.25. The molecule has 0 bridgehead atoms. The Kier molecular flexibility index (Phi) is 7.76. The molecule has 1 rings (SSSR count). The molecule has 0 saturated carbocycles. The molecule has 7 heteroatoms. The molecule has 0 aliphatic carbocycles. The summed E-state index contributed by atoms with van der Waals surface area (Å²) in [4.78, 5) is 34.6. The Morgan fingerprint density at radius 3 is 2.04 bits per heavy atom. The number of benzene rings is 1. The van der Waals surface area contributed by atoms with Gasteiger partial charge in [-0.2, -0.15) is 0 Å². The van der Waals surface area contributed by atoms with Crippen molar-refractivity contribution in [1.29, 1.82) is 0 Å². The highest BCUT2D eigenvalue weighted by Gasteiger charge is 2.10. The summed E-state index contributed by atoms with van der Waals surface area (Å²) in [6, 6.07) is 4.71. The molecule has 0 radical (unpaired) electrons. The normalized spacial score (nSPS) is 10.0. The molecule has 126 valence electrons. The fourth-order valence-corrected chi connectivity index (χ4v) is 1.93. The second-order valence-electron chi connectivity index (χ2n) is 4.97. The van der Waals surface area contributed by atoms with Crippen molar-refractivity contribution < 1.29 is 19.1 Å². The zero-order valence-corrected chi connectivity index (χ0v) is 13.7. The van der Waals surface area contributed by atoms with Gasteiger partial charge in [-0.3, -0.25) is 14.4 Å². The Hall–Kier alpha value is -2.41. The van der Waals surface area contributed by atoms with Crippen LogP contribution in [0.5, 0.6) is 0 Å². The van der Waals surface area contributed by atoms with Crippen LogP contribution in [0.3, 0.4) is 0 Å². The Bertz CT molecular complexity index is 538. The third kappa shape index (κ3) is 7.42. The van der Waals surface area contributed by atoms with Gasteiger partial charge in [0.25, 0.3) is 5.91 Å². The van der Waals surface area contributed by atoms with Gasteiger partial charge in [0.05, 0.1) is 0 Å². The van der Waals surface area contributed by atoms with E-state index in [-0.39, 0.29) is 17.7 Å². The molecule has 3 amide bonds. The second kappa shape index (κ2) is 9.58. The molecule has 0 atom stereocenters. The molecule has 0 aliphatic rings. The molecular weight excluding hydrogens is 298 g/mol. The number of anilines is 2.